The van der Waals surface area contributed by atoms with Gasteiger partial charge in [-0.3, -0.25) is 20.2 Å². The second-order valence-corrected chi connectivity index (χ2v) is 14.8. The number of nitro groups is 2. The van der Waals surface area contributed by atoms with Gasteiger partial charge in [0, 0.05) is 18.6 Å². The molecule has 8 nitrogen and oxygen atoms in total. The maximum atomic E-state index is 13.0. The Kier molecular flexibility index (Phi) is 8.56. The first-order valence-corrected chi connectivity index (χ1v) is 16.2. The molecule has 0 heterocycles. The summed E-state index contributed by atoms with van der Waals surface area (Å²) in [5.41, 5.74) is 0.806. The van der Waals surface area contributed by atoms with E-state index in [1.807, 2.05) is 0 Å². The molecule has 0 bridgehead atoms. The summed E-state index contributed by atoms with van der Waals surface area (Å²) >= 11 is 0. The van der Waals surface area contributed by atoms with E-state index in [-0.39, 0.29) is 17.1 Å². The number of ether oxygens (including phenoxy) is 1. The van der Waals surface area contributed by atoms with Crippen molar-refractivity contribution in [3.05, 3.63) is 55.6 Å². The maximum absolute atomic E-state index is 13.0. The van der Waals surface area contributed by atoms with Crippen LogP contribution in [0.3, 0.4) is 0 Å². The van der Waals surface area contributed by atoms with E-state index in [4.69, 9.17) is 4.74 Å². The fourth-order valence-corrected chi connectivity index (χ4v) is 9.90. The molecule has 3 fully saturated rings. The molecule has 5 rings (SSSR count). The molecule has 0 saturated heterocycles. The molecule has 0 aromatic heterocycles. The standard InChI is InChI=1S/C34H48N2O6/c1-21(2)7-6-8-22(3)29-11-12-30-28-10-9-24-19-27(13-15-33(24,4)31(28)14-16-34(29,30)5)42-32(37)23-17-25(35(38)39)20-26(18-23)36(40)41/h9,17-18,20-22,27-31H,6-8,10-16,19H2,1-5H3/t22-,27?,28?,29-,30?,31?,33+,34-/m1/s1. The Balaban J connectivity index is 1.27. The van der Waals surface area contributed by atoms with E-state index >= 15 is 0 Å². The van der Waals surface area contributed by atoms with E-state index in [1.54, 1.807) is 0 Å². The molecular formula is C34H48N2O6. The first kappa shape index (κ1) is 30.7. The molecule has 8 atom stereocenters. The smallest absolute Gasteiger partial charge is 0.338 e. The third kappa shape index (κ3) is 5.62. The number of non-ortho nitro benzene ring substituents is 2. The van der Waals surface area contributed by atoms with Crippen LogP contribution in [0.15, 0.2) is 29.8 Å². The van der Waals surface area contributed by atoms with E-state index in [0.29, 0.717) is 17.8 Å². The summed E-state index contributed by atoms with van der Waals surface area (Å²) < 4.78 is 5.82. The Morgan fingerprint density at radius 3 is 2.29 bits per heavy atom. The van der Waals surface area contributed by atoms with E-state index in [0.717, 1.165) is 67.1 Å². The Labute approximate surface area is 250 Å². The summed E-state index contributed by atoms with van der Waals surface area (Å²) in [7, 11) is 0. The molecule has 3 saturated carbocycles. The number of carbonyl (C=O) groups excluding carboxylic acids is 1. The number of fused-ring (bicyclic) bond motifs is 5. The van der Waals surface area contributed by atoms with E-state index in [1.165, 1.54) is 50.5 Å². The lowest BCUT2D eigenvalue weighted by atomic mass is 9.47. The van der Waals surface area contributed by atoms with E-state index < -0.39 is 27.2 Å². The quantitative estimate of drug-likeness (QED) is 0.125. The molecule has 230 valence electrons. The molecule has 0 spiro atoms. The van der Waals surface area contributed by atoms with Gasteiger partial charge in [0.25, 0.3) is 11.4 Å². The van der Waals surface area contributed by atoms with Gasteiger partial charge in [-0.1, -0.05) is 65.5 Å². The van der Waals surface area contributed by atoms with Crippen LogP contribution < -0.4 is 0 Å². The number of allylic oxidation sites excluding steroid dienone is 1. The number of carbonyl (C=O) groups is 1. The third-order valence-corrected chi connectivity index (χ3v) is 12.1. The zero-order valence-electron chi connectivity index (χ0n) is 26.0. The Morgan fingerprint density at radius 1 is 0.952 bits per heavy atom. The van der Waals surface area contributed by atoms with Crippen LogP contribution in [0.4, 0.5) is 11.4 Å². The fraction of sp³-hybridized carbons (Fsp3) is 0.735. The van der Waals surface area contributed by atoms with Crippen molar-refractivity contribution >= 4 is 17.3 Å². The van der Waals surface area contributed by atoms with Crippen LogP contribution >= 0.6 is 0 Å². The van der Waals surface area contributed by atoms with Crippen molar-refractivity contribution in [1.82, 2.24) is 0 Å². The number of nitrogens with zero attached hydrogens (tertiary/aromatic N) is 2. The third-order valence-electron chi connectivity index (χ3n) is 12.1. The van der Waals surface area contributed by atoms with Crippen molar-refractivity contribution in [2.45, 2.75) is 111 Å². The molecule has 1 aromatic carbocycles. The summed E-state index contributed by atoms with van der Waals surface area (Å²) in [4.78, 5) is 34.1. The van der Waals surface area contributed by atoms with Crippen LogP contribution in [0, 0.1) is 66.6 Å². The Hall–Kier alpha value is -2.77. The summed E-state index contributed by atoms with van der Waals surface area (Å²) in [5, 5.41) is 22.6. The zero-order chi connectivity index (χ0) is 30.4. The highest BCUT2D eigenvalue weighted by atomic mass is 16.6. The van der Waals surface area contributed by atoms with Crippen molar-refractivity contribution in [2.24, 2.45) is 46.3 Å². The molecule has 4 unspecified atom stereocenters. The second kappa shape index (κ2) is 11.7. The largest absolute Gasteiger partial charge is 0.458 e. The first-order chi connectivity index (χ1) is 19.8. The van der Waals surface area contributed by atoms with E-state index in [9.17, 15) is 25.0 Å². The predicted octanol–water partition coefficient (Wildman–Crippen LogP) is 9.07. The van der Waals surface area contributed by atoms with Crippen LogP contribution in [-0.4, -0.2) is 21.9 Å². The van der Waals surface area contributed by atoms with Gasteiger partial charge < -0.3 is 4.74 Å². The van der Waals surface area contributed by atoms with Gasteiger partial charge >= 0.3 is 5.97 Å². The van der Waals surface area contributed by atoms with Crippen molar-refractivity contribution in [1.29, 1.82) is 0 Å². The van der Waals surface area contributed by atoms with Gasteiger partial charge in [0.2, 0.25) is 0 Å². The minimum Gasteiger partial charge on any atom is -0.458 e. The van der Waals surface area contributed by atoms with Crippen molar-refractivity contribution < 1.29 is 19.4 Å². The van der Waals surface area contributed by atoms with Crippen molar-refractivity contribution in [3.8, 4) is 0 Å². The summed E-state index contributed by atoms with van der Waals surface area (Å²) in [6.07, 6.45) is 14.9. The van der Waals surface area contributed by atoms with Gasteiger partial charge in [-0.25, -0.2) is 4.79 Å². The summed E-state index contributed by atoms with van der Waals surface area (Å²) in [6, 6.07) is 2.99. The number of rotatable bonds is 9. The molecule has 0 aliphatic heterocycles. The highest BCUT2D eigenvalue weighted by molar-refractivity contribution is 5.91. The normalized spacial score (nSPS) is 34.5. The molecule has 0 radical (unpaired) electrons. The van der Waals surface area contributed by atoms with Crippen LogP contribution in [0.25, 0.3) is 0 Å². The summed E-state index contributed by atoms with van der Waals surface area (Å²) in [6.45, 7) is 12.2. The number of hydrogen-bond donors (Lipinski definition) is 0. The van der Waals surface area contributed by atoms with Crippen molar-refractivity contribution in [3.63, 3.8) is 0 Å². The lowest BCUT2D eigenvalue weighted by Crippen LogP contribution is -2.51. The Morgan fingerprint density at radius 2 is 1.64 bits per heavy atom. The molecule has 0 amide bonds. The number of hydrogen-bond acceptors (Lipinski definition) is 6. The van der Waals surface area contributed by atoms with E-state index in [2.05, 4.69) is 40.7 Å². The molecule has 1 aromatic rings. The van der Waals surface area contributed by atoms with Crippen LogP contribution in [0.5, 0.6) is 0 Å². The highest BCUT2D eigenvalue weighted by Crippen LogP contribution is 2.67. The van der Waals surface area contributed by atoms with Gasteiger partial charge in [0.1, 0.15) is 6.10 Å². The average molecular weight is 581 g/mol. The number of benzene rings is 1. The molecule has 42 heavy (non-hydrogen) atoms. The van der Waals surface area contributed by atoms with Crippen LogP contribution in [0.1, 0.15) is 116 Å². The fourth-order valence-electron chi connectivity index (χ4n) is 9.90. The van der Waals surface area contributed by atoms with Gasteiger partial charge in [-0.2, -0.15) is 0 Å². The first-order valence-electron chi connectivity index (χ1n) is 16.2. The minimum atomic E-state index is -0.738. The molecular weight excluding hydrogens is 532 g/mol. The molecule has 4 aliphatic carbocycles. The highest BCUT2D eigenvalue weighted by Gasteiger charge is 2.59. The zero-order valence-corrected chi connectivity index (χ0v) is 26.0. The number of esters is 1. The SMILES string of the molecule is CC(C)CCC[C@@H](C)[C@H]1CCC2C3CC=C4CC(OC(=O)c5cc([N+](=O)[O-])cc([N+](=O)[O-])c5)CC[C@]4(C)C3CC[C@@]21C. The van der Waals surface area contributed by atoms with Gasteiger partial charge in [-0.15, -0.1) is 0 Å². The number of nitro benzene ring substituents is 2. The predicted molar refractivity (Wildman–Crippen MR) is 162 cm³/mol. The van der Waals surface area contributed by atoms with Crippen molar-refractivity contribution in [2.75, 3.05) is 0 Å². The minimum absolute atomic E-state index is 0.110. The molecule has 0 N–H and O–H groups in total. The van der Waals surface area contributed by atoms with Crippen LogP contribution in [-0.2, 0) is 4.74 Å². The van der Waals surface area contributed by atoms with Gasteiger partial charge in [0.05, 0.1) is 21.5 Å². The van der Waals surface area contributed by atoms with Crippen LogP contribution in [0.2, 0.25) is 0 Å². The van der Waals surface area contributed by atoms with Gasteiger partial charge in [0.15, 0.2) is 0 Å². The topological polar surface area (TPSA) is 113 Å². The second-order valence-electron chi connectivity index (χ2n) is 14.8. The lowest BCUT2D eigenvalue weighted by Gasteiger charge is -2.58. The summed E-state index contributed by atoms with van der Waals surface area (Å²) in [5.74, 6) is 3.81. The maximum Gasteiger partial charge on any atom is 0.338 e. The molecule has 8 heteroatoms. The monoisotopic (exact) mass is 580 g/mol. The lowest BCUT2D eigenvalue weighted by molar-refractivity contribution is -0.394. The average Bonchev–Trinajstić information content (AvgIpc) is 3.30. The Bertz CT molecular complexity index is 1230. The molecule has 4 aliphatic rings. The van der Waals surface area contributed by atoms with Gasteiger partial charge in [-0.05, 0) is 91.3 Å².